The van der Waals surface area contributed by atoms with E-state index in [1.165, 1.54) is 51.5 Å². The Hall–Kier alpha value is -0.120. The number of hydrogen-bond acceptors (Lipinski definition) is 3. The van der Waals surface area contributed by atoms with Crippen LogP contribution in [-0.2, 0) is 4.74 Å². The first-order valence-electron chi connectivity index (χ1n) is 8.38. The van der Waals surface area contributed by atoms with Crippen LogP contribution < -0.4 is 5.32 Å². The van der Waals surface area contributed by atoms with Gasteiger partial charge in [-0.3, -0.25) is 4.90 Å². The first-order valence-corrected chi connectivity index (χ1v) is 8.38. The van der Waals surface area contributed by atoms with Crippen molar-refractivity contribution in [3.63, 3.8) is 0 Å². The molecule has 2 heterocycles. The Labute approximate surface area is 119 Å². The molecule has 3 unspecified atom stereocenters. The molecular formula is C16H32N2O. The molecule has 0 spiro atoms. The predicted octanol–water partition coefficient (Wildman–Crippen LogP) is 2.80. The van der Waals surface area contributed by atoms with Crippen molar-refractivity contribution in [2.24, 2.45) is 0 Å². The quantitative estimate of drug-likeness (QED) is 0.685. The number of nitrogens with one attached hydrogen (secondary N) is 1. The van der Waals surface area contributed by atoms with Crippen LogP contribution in [0.4, 0.5) is 0 Å². The van der Waals surface area contributed by atoms with Crippen LogP contribution in [0.1, 0.15) is 58.8 Å². The number of unbranched alkanes of at least 4 members (excludes halogenated alkanes) is 3. The molecule has 3 nitrogen and oxygen atoms in total. The highest BCUT2D eigenvalue weighted by Crippen LogP contribution is 2.22. The SMILES string of the molecule is CCCCCCC(C)NCC1CN2CCCC2CO1. The molecule has 0 saturated carbocycles. The van der Waals surface area contributed by atoms with E-state index in [0.29, 0.717) is 12.1 Å². The summed E-state index contributed by atoms with van der Waals surface area (Å²) >= 11 is 0. The zero-order valence-electron chi connectivity index (χ0n) is 12.9. The average molecular weight is 268 g/mol. The molecular weight excluding hydrogens is 236 g/mol. The van der Waals surface area contributed by atoms with E-state index in [0.717, 1.165) is 25.7 Å². The van der Waals surface area contributed by atoms with E-state index in [9.17, 15) is 0 Å². The molecule has 0 aromatic heterocycles. The molecule has 0 aromatic carbocycles. The van der Waals surface area contributed by atoms with Crippen molar-refractivity contribution < 1.29 is 4.74 Å². The minimum atomic E-state index is 0.410. The van der Waals surface area contributed by atoms with Gasteiger partial charge in [-0.2, -0.15) is 0 Å². The molecule has 0 radical (unpaired) electrons. The standard InChI is InChI=1S/C16H32N2O/c1-3-4-5-6-8-14(2)17-11-16-12-18-10-7-9-15(18)13-19-16/h14-17H,3-13H2,1-2H3. The number of fused-ring (bicyclic) bond motifs is 1. The molecule has 112 valence electrons. The highest BCUT2D eigenvalue weighted by Gasteiger charge is 2.31. The summed E-state index contributed by atoms with van der Waals surface area (Å²) in [6.07, 6.45) is 9.88. The maximum Gasteiger partial charge on any atom is 0.0827 e. The second kappa shape index (κ2) is 8.23. The molecule has 2 fully saturated rings. The Balaban J connectivity index is 1.55. The van der Waals surface area contributed by atoms with Crippen molar-refractivity contribution in [1.82, 2.24) is 10.2 Å². The monoisotopic (exact) mass is 268 g/mol. The summed E-state index contributed by atoms with van der Waals surface area (Å²) in [5.74, 6) is 0. The first kappa shape index (κ1) is 15.3. The molecule has 0 aliphatic carbocycles. The third-order valence-corrected chi connectivity index (χ3v) is 4.65. The van der Waals surface area contributed by atoms with Crippen LogP contribution in [0.2, 0.25) is 0 Å². The molecule has 0 bridgehead atoms. The smallest absolute Gasteiger partial charge is 0.0827 e. The lowest BCUT2D eigenvalue weighted by Crippen LogP contribution is -2.50. The summed E-state index contributed by atoms with van der Waals surface area (Å²) in [5.41, 5.74) is 0. The van der Waals surface area contributed by atoms with Crippen LogP contribution in [0.5, 0.6) is 0 Å². The van der Waals surface area contributed by atoms with Crippen LogP contribution >= 0.6 is 0 Å². The van der Waals surface area contributed by atoms with E-state index < -0.39 is 0 Å². The van der Waals surface area contributed by atoms with E-state index in [2.05, 4.69) is 24.1 Å². The van der Waals surface area contributed by atoms with Gasteiger partial charge in [-0.15, -0.1) is 0 Å². The first-order chi connectivity index (χ1) is 9.29. The molecule has 2 aliphatic rings. The van der Waals surface area contributed by atoms with Gasteiger partial charge in [-0.05, 0) is 32.7 Å². The van der Waals surface area contributed by atoms with Crippen molar-refractivity contribution in [3.8, 4) is 0 Å². The molecule has 0 amide bonds. The predicted molar refractivity (Wildman–Crippen MR) is 80.6 cm³/mol. The van der Waals surface area contributed by atoms with Gasteiger partial charge in [0.15, 0.2) is 0 Å². The molecule has 0 aromatic rings. The fourth-order valence-electron chi connectivity index (χ4n) is 3.32. The number of hydrogen-bond donors (Lipinski definition) is 1. The lowest BCUT2D eigenvalue weighted by Gasteiger charge is -2.35. The molecule has 2 aliphatic heterocycles. The molecule has 1 N–H and O–H groups in total. The Morgan fingerprint density at radius 3 is 3.05 bits per heavy atom. The van der Waals surface area contributed by atoms with Crippen LogP contribution in [0.25, 0.3) is 0 Å². The Kier molecular flexibility index (Phi) is 6.62. The van der Waals surface area contributed by atoms with E-state index >= 15 is 0 Å². The summed E-state index contributed by atoms with van der Waals surface area (Å²) in [4.78, 5) is 2.63. The van der Waals surface area contributed by atoms with Crippen molar-refractivity contribution in [2.75, 3.05) is 26.2 Å². The van der Waals surface area contributed by atoms with E-state index in [1.54, 1.807) is 0 Å². The average Bonchev–Trinajstić information content (AvgIpc) is 2.89. The van der Waals surface area contributed by atoms with Crippen LogP contribution in [0.3, 0.4) is 0 Å². The normalized spacial score (nSPS) is 29.4. The van der Waals surface area contributed by atoms with Crippen LogP contribution in [0, 0.1) is 0 Å². The van der Waals surface area contributed by atoms with E-state index in [-0.39, 0.29) is 0 Å². The second-order valence-electron chi connectivity index (χ2n) is 6.40. The topological polar surface area (TPSA) is 24.5 Å². The molecule has 2 saturated heterocycles. The zero-order valence-corrected chi connectivity index (χ0v) is 12.9. The highest BCUT2D eigenvalue weighted by atomic mass is 16.5. The van der Waals surface area contributed by atoms with Crippen molar-refractivity contribution in [2.45, 2.75) is 77.0 Å². The molecule has 3 heteroatoms. The number of morpholine rings is 1. The summed E-state index contributed by atoms with van der Waals surface area (Å²) in [6.45, 7) is 8.99. The van der Waals surface area contributed by atoms with E-state index in [1.807, 2.05) is 0 Å². The van der Waals surface area contributed by atoms with Gasteiger partial charge in [0.1, 0.15) is 0 Å². The minimum absolute atomic E-state index is 0.410. The van der Waals surface area contributed by atoms with Crippen LogP contribution in [0.15, 0.2) is 0 Å². The van der Waals surface area contributed by atoms with Gasteiger partial charge in [0.25, 0.3) is 0 Å². The summed E-state index contributed by atoms with van der Waals surface area (Å²) in [5, 5.41) is 3.66. The van der Waals surface area contributed by atoms with Gasteiger partial charge in [-0.1, -0.05) is 32.6 Å². The number of rotatable bonds is 8. The summed E-state index contributed by atoms with van der Waals surface area (Å²) < 4.78 is 5.98. The Bertz CT molecular complexity index is 247. The number of ether oxygens (including phenoxy) is 1. The highest BCUT2D eigenvalue weighted by molar-refractivity contribution is 4.86. The third kappa shape index (κ3) is 5.05. The lowest BCUT2D eigenvalue weighted by molar-refractivity contribution is -0.0477. The van der Waals surface area contributed by atoms with Gasteiger partial charge in [0.2, 0.25) is 0 Å². The lowest BCUT2D eigenvalue weighted by atomic mass is 10.1. The van der Waals surface area contributed by atoms with Gasteiger partial charge in [0.05, 0.1) is 12.7 Å². The largest absolute Gasteiger partial charge is 0.374 e. The summed E-state index contributed by atoms with van der Waals surface area (Å²) in [6, 6.07) is 1.36. The van der Waals surface area contributed by atoms with Crippen molar-refractivity contribution >= 4 is 0 Å². The maximum absolute atomic E-state index is 5.98. The second-order valence-corrected chi connectivity index (χ2v) is 6.40. The minimum Gasteiger partial charge on any atom is -0.374 e. The van der Waals surface area contributed by atoms with Gasteiger partial charge >= 0.3 is 0 Å². The molecule has 3 atom stereocenters. The third-order valence-electron chi connectivity index (χ3n) is 4.65. The van der Waals surface area contributed by atoms with Crippen LogP contribution in [-0.4, -0.2) is 49.3 Å². The molecule has 2 rings (SSSR count). The molecule has 19 heavy (non-hydrogen) atoms. The fraction of sp³-hybridized carbons (Fsp3) is 1.00. The van der Waals surface area contributed by atoms with Gasteiger partial charge in [0, 0.05) is 25.2 Å². The fourth-order valence-corrected chi connectivity index (χ4v) is 3.32. The Morgan fingerprint density at radius 2 is 2.21 bits per heavy atom. The van der Waals surface area contributed by atoms with E-state index in [4.69, 9.17) is 4.74 Å². The number of nitrogens with zero attached hydrogens (tertiary/aromatic N) is 1. The maximum atomic E-state index is 5.98. The van der Waals surface area contributed by atoms with Gasteiger partial charge in [-0.25, -0.2) is 0 Å². The summed E-state index contributed by atoms with van der Waals surface area (Å²) in [7, 11) is 0. The Morgan fingerprint density at radius 1 is 1.32 bits per heavy atom. The van der Waals surface area contributed by atoms with Crippen molar-refractivity contribution in [1.29, 1.82) is 0 Å². The van der Waals surface area contributed by atoms with Crippen molar-refractivity contribution in [3.05, 3.63) is 0 Å². The zero-order chi connectivity index (χ0) is 13.5. The van der Waals surface area contributed by atoms with Gasteiger partial charge < -0.3 is 10.1 Å².